The lowest BCUT2D eigenvalue weighted by atomic mass is 10.2. The van der Waals surface area contributed by atoms with Crippen LogP contribution in [0, 0.1) is 0 Å². The van der Waals surface area contributed by atoms with Crippen LogP contribution >= 0.6 is 0 Å². The van der Waals surface area contributed by atoms with Crippen LogP contribution in [-0.2, 0) is 24.3 Å². The average molecular weight is 487 g/mol. The molecule has 9 nitrogen and oxygen atoms in total. The van der Waals surface area contributed by atoms with E-state index in [0.717, 1.165) is 18.8 Å². The minimum absolute atomic E-state index is 0.163. The number of hydrogen-bond acceptors (Lipinski definition) is 6. The molecule has 2 aromatic carbocycles. The number of nitrogens with zero attached hydrogens (tertiary/aromatic N) is 3. The molecule has 2 aromatic rings. The molecular formula is C24H30N4O5S. The van der Waals surface area contributed by atoms with Gasteiger partial charge in [0, 0.05) is 38.1 Å². The quantitative estimate of drug-likeness (QED) is 0.641. The molecule has 0 bridgehead atoms. The fourth-order valence-corrected chi connectivity index (χ4v) is 6.00. The van der Waals surface area contributed by atoms with E-state index in [2.05, 4.69) is 10.2 Å². The molecule has 2 amide bonds. The van der Waals surface area contributed by atoms with Crippen LogP contribution in [0.1, 0.15) is 12.8 Å². The number of rotatable bonds is 7. The molecule has 34 heavy (non-hydrogen) atoms. The van der Waals surface area contributed by atoms with Crippen molar-refractivity contribution < 1.29 is 22.7 Å². The van der Waals surface area contributed by atoms with E-state index in [9.17, 15) is 18.0 Å². The van der Waals surface area contributed by atoms with Gasteiger partial charge in [-0.2, -0.15) is 4.31 Å². The molecule has 1 atom stereocenters. The van der Waals surface area contributed by atoms with Crippen molar-refractivity contribution >= 4 is 33.2 Å². The SMILES string of the molecule is CN(CC(=O)Nc1ccc(N2CCOCC2)cc1)C(=O)C1CCCN1S(=O)(=O)c1ccccc1. The van der Waals surface area contributed by atoms with Crippen LogP contribution < -0.4 is 10.2 Å². The number of sulfonamides is 1. The summed E-state index contributed by atoms with van der Waals surface area (Å²) >= 11 is 0. The first-order chi connectivity index (χ1) is 16.4. The topological polar surface area (TPSA) is 99.3 Å². The maximum atomic E-state index is 13.1. The fourth-order valence-electron chi connectivity index (χ4n) is 4.33. The van der Waals surface area contributed by atoms with Crippen LogP contribution in [-0.4, -0.2) is 81.9 Å². The lowest BCUT2D eigenvalue weighted by Crippen LogP contribution is -2.48. The Labute approximate surface area is 200 Å². The van der Waals surface area contributed by atoms with Gasteiger partial charge in [0.15, 0.2) is 0 Å². The lowest BCUT2D eigenvalue weighted by molar-refractivity contribution is -0.136. The average Bonchev–Trinajstić information content (AvgIpc) is 3.36. The minimum Gasteiger partial charge on any atom is -0.378 e. The fraction of sp³-hybridized carbons (Fsp3) is 0.417. The normalized spacial score (nSPS) is 19.1. The minimum atomic E-state index is -3.78. The van der Waals surface area contributed by atoms with Crippen molar-refractivity contribution in [3.63, 3.8) is 0 Å². The molecule has 2 aliphatic rings. The lowest BCUT2D eigenvalue weighted by Gasteiger charge is -2.29. The van der Waals surface area contributed by atoms with Gasteiger partial charge in [0.25, 0.3) is 0 Å². The highest BCUT2D eigenvalue weighted by molar-refractivity contribution is 7.89. The van der Waals surface area contributed by atoms with Gasteiger partial charge in [-0.25, -0.2) is 8.42 Å². The highest BCUT2D eigenvalue weighted by Crippen LogP contribution is 2.27. The van der Waals surface area contributed by atoms with Crippen LogP contribution in [0.15, 0.2) is 59.5 Å². The summed E-state index contributed by atoms with van der Waals surface area (Å²) in [7, 11) is -2.26. The zero-order chi connectivity index (χ0) is 24.1. The molecule has 0 aliphatic carbocycles. The number of anilines is 2. The number of likely N-dealkylation sites (N-methyl/N-ethyl adjacent to an activating group) is 1. The smallest absolute Gasteiger partial charge is 0.243 e. The van der Waals surface area contributed by atoms with Crippen molar-refractivity contribution in [2.24, 2.45) is 0 Å². The van der Waals surface area contributed by atoms with E-state index >= 15 is 0 Å². The van der Waals surface area contributed by atoms with E-state index in [1.54, 1.807) is 18.2 Å². The molecule has 0 saturated carbocycles. The first kappa shape index (κ1) is 24.2. The van der Waals surface area contributed by atoms with Crippen LogP contribution in [0.4, 0.5) is 11.4 Å². The second-order valence-electron chi connectivity index (χ2n) is 8.48. The van der Waals surface area contributed by atoms with Gasteiger partial charge in [-0.3, -0.25) is 9.59 Å². The number of nitrogens with one attached hydrogen (secondary N) is 1. The summed E-state index contributed by atoms with van der Waals surface area (Å²) < 4.78 is 32.7. The van der Waals surface area contributed by atoms with E-state index in [1.165, 1.54) is 28.4 Å². The van der Waals surface area contributed by atoms with Crippen molar-refractivity contribution in [3.8, 4) is 0 Å². The third-order valence-electron chi connectivity index (χ3n) is 6.12. The summed E-state index contributed by atoms with van der Waals surface area (Å²) in [4.78, 5) is 29.3. The number of amides is 2. The molecule has 182 valence electrons. The predicted octanol–water partition coefficient (Wildman–Crippen LogP) is 1.77. The molecule has 0 spiro atoms. The summed E-state index contributed by atoms with van der Waals surface area (Å²) in [5.74, 6) is -0.722. The largest absolute Gasteiger partial charge is 0.378 e. The first-order valence-corrected chi connectivity index (χ1v) is 12.8. The van der Waals surface area contributed by atoms with E-state index in [1.807, 2.05) is 24.3 Å². The van der Waals surface area contributed by atoms with E-state index in [0.29, 0.717) is 31.7 Å². The highest BCUT2D eigenvalue weighted by Gasteiger charge is 2.40. The Morgan fingerprint density at radius 2 is 1.71 bits per heavy atom. The molecule has 2 fully saturated rings. The monoisotopic (exact) mass is 486 g/mol. The summed E-state index contributed by atoms with van der Waals surface area (Å²) in [5, 5.41) is 2.81. The number of hydrogen-bond donors (Lipinski definition) is 1. The molecule has 0 radical (unpaired) electrons. The van der Waals surface area contributed by atoms with E-state index < -0.39 is 16.1 Å². The third kappa shape index (κ3) is 5.40. The Kier molecular flexibility index (Phi) is 7.50. The molecule has 0 aromatic heterocycles. The van der Waals surface area contributed by atoms with Crippen LogP contribution in [0.2, 0.25) is 0 Å². The predicted molar refractivity (Wildman–Crippen MR) is 129 cm³/mol. The number of morpholine rings is 1. The van der Waals surface area contributed by atoms with Gasteiger partial charge in [0.1, 0.15) is 6.04 Å². The van der Waals surface area contributed by atoms with Crippen molar-refractivity contribution in [2.75, 3.05) is 56.7 Å². The first-order valence-electron chi connectivity index (χ1n) is 11.4. The van der Waals surface area contributed by atoms with Gasteiger partial charge >= 0.3 is 0 Å². The molecule has 4 rings (SSSR count). The maximum absolute atomic E-state index is 13.1. The Morgan fingerprint density at radius 3 is 2.38 bits per heavy atom. The number of ether oxygens (including phenoxy) is 1. The Morgan fingerprint density at radius 1 is 1.03 bits per heavy atom. The van der Waals surface area contributed by atoms with E-state index in [-0.39, 0.29) is 29.8 Å². The molecule has 2 aliphatic heterocycles. The highest BCUT2D eigenvalue weighted by atomic mass is 32.2. The second kappa shape index (κ2) is 10.5. The van der Waals surface area contributed by atoms with Gasteiger partial charge in [0.05, 0.1) is 24.7 Å². The molecule has 10 heteroatoms. The van der Waals surface area contributed by atoms with Gasteiger partial charge in [-0.1, -0.05) is 18.2 Å². The standard InChI is InChI=1S/C24H30N4O5S/c1-26(18-23(29)25-19-9-11-20(12-10-19)27-14-16-33-17-15-27)24(30)22-8-5-13-28(22)34(31,32)21-6-3-2-4-7-21/h2-4,6-7,9-12,22H,5,8,13-18H2,1H3,(H,25,29). The van der Waals surface area contributed by atoms with Crippen molar-refractivity contribution in [3.05, 3.63) is 54.6 Å². The second-order valence-corrected chi connectivity index (χ2v) is 10.4. The molecule has 2 saturated heterocycles. The van der Waals surface area contributed by atoms with Crippen molar-refractivity contribution in [2.45, 2.75) is 23.8 Å². The Balaban J connectivity index is 1.35. The maximum Gasteiger partial charge on any atom is 0.243 e. The van der Waals surface area contributed by atoms with Gasteiger partial charge in [0.2, 0.25) is 21.8 Å². The molecule has 1 unspecified atom stereocenters. The van der Waals surface area contributed by atoms with Crippen molar-refractivity contribution in [1.82, 2.24) is 9.21 Å². The number of carbonyl (C=O) groups excluding carboxylic acids is 2. The summed E-state index contributed by atoms with van der Waals surface area (Å²) in [5.41, 5.74) is 1.70. The van der Waals surface area contributed by atoms with Crippen LogP contribution in [0.25, 0.3) is 0 Å². The summed E-state index contributed by atoms with van der Waals surface area (Å²) in [6.07, 6.45) is 1.03. The molecule has 2 heterocycles. The zero-order valence-electron chi connectivity index (χ0n) is 19.2. The molecular weight excluding hydrogens is 456 g/mol. The molecule has 1 N–H and O–H groups in total. The van der Waals surface area contributed by atoms with Crippen LogP contribution in [0.5, 0.6) is 0 Å². The summed E-state index contributed by atoms with van der Waals surface area (Å²) in [6.45, 7) is 3.17. The van der Waals surface area contributed by atoms with Gasteiger partial charge in [-0.15, -0.1) is 0 Å². The summed E-state index contributed by atoms with van der Waals surface area (Å²) in [6, 6.07) is 14.8. The third-order valence-corrected chi connectivity index (χ3v) is 8.05. The van der Waals surface area contributed by atoms with Gasteiger partial charge < -0.3 is 19.9 Å². The Hall–Kier alpha value is -2.95. The Bertz CT molecular complexity index is 1100. The zero-order valence-corrected chi connectivity index (χ0v) is 20.0. The van der Waals surface area contributed by atoms with Gasteiger partial charge in [-0.05, 0) is 49.2 Å². The van der Waals surface area contributed by atoms with Crippen LogP contribution in [0.3, 0.4) is 0 Å². The number of carbonyl (C=O) groups is 2. The number of benzene rings is 2. The van der Waals surface area contributed by atoms with E-state index in [4.69, 9.17) is 4.74 Å². The van der Waals surface area contributed by atoms with Crippen molar-refractivity contribution in [1.29, 1.82) is 0 Å².